The number of carbonyl (C=O) groups is 1. The molecule has 0 fully saturated rings. The van der Waals surface area contributed by atoms with E-state index in [-0.39, 0.29) is 11.5 Å². The number of hydrogen-bond acceptors (Lipinski definition) is 3. The average Bonchev–Trinajstić information content (AvgIpc) is 2.45. The summed E-state index contributed by atoms with van der Waals surface area (Å²) >= 11 is 0. The van der Waals surface area contributed by atoms with Gasteiger partial charge in [0.25, 0.3) is 5.56 Å². The third-order valence-electron chi connectivity index (χ3n) is 3.62. The standard InChI is InChI=1S/C16H19N3O2/c1-10-5-4-6-14(11(10)2)18-16(21)12(3)19-9-13(17)7-8-15(19)20/h4-9,12H,17H2,1-3H3,(H,18,21). The molecule has 0 spiro atoms. The molecular formula is C16H19N3O2. The van der Waals surface area contributed by atoms with Crippen molar-refractivity contribution < 1.29 is 4.79 Å². The number of nitrogens with one attached hydrogen (secondary N) is 1. The van der Waals surface area contributed by atoms with Crippen molar-refractivity contribution in [2.45, 2.75) is 26.8 Å². The predicted molar refractivity (Wildman–Crippen MR) is 84.4 cm³/mol. The maximum atomic E-state index is 12.3. The Morgan fingerprint density at radius 1 is 1.24 bits per heavy atom. The minimum Gasteiger partial charge on any atom is -0.398 e. The second-order valence-electron chi connectivity index (χ2n) is 5.12. The molecule has 1 heterocycles. The largest absolute Gasteiger partial charge is 0.398 e. The third kappa shape index (κ3) is 3.13. The normalized spacial score (nSPS) is 12.0. The van der Waals surface area contributed by atoms with Gasteiger partial charge in [-0.05, 0) is 44.0 Å². The third-order valence-corrected chi connectivity index (χ3v) is 3.62. The second kappa shape index (κ2) is 5.83. The van der Waals surface area contributed by atoms with E-state index >= 15 is 0 Å². The van der Waals surface area contributed by atoms with E-state index in [0.717, 1.165) is 16.8 Å². The molecule has 0 radical (unpaired) electrons. The Labute approximate surface area is 123 Å². The number of nitrogen functional groups attached to an aromatic ring is 1. The molecular weight excluding hydrogens is 266 g/mol. The molecule has 0 aliphatic rings. The number of anilines is 2. The lowest BCUT2D eigenvalue weighted by Gasteiger charge is -2.17. The zero-order valence-corrected chi connectivity index (χ0v) is 12.4. The van der Waals surface area contributed by atoms with E-state index in [1.807, 2.05) is 32.0 Å². The molecule has 2 rings (SSSR count). The lowest BCUT2D eigenvalue weighted by atomic mass is 10.1. The number of hydrogen-bond donors (Lipinski definition) is 2. The van der Waals surface area contributed by atoms with Crippen molar-refractivity contribution in [1.82, 2.24) is 4.57 Å². The molecule has 1 aromatic heterocycles. The Bertz CT molecular complexity index is 735. The molecule has 1 unspecified atom stereocenters. The van der Waals surface area contributed by atoms with Crippen LogP contribution in [0.5, 0.6) is 0 Å². The zero-order chi connectivity index (χ0) is 15.6. The summed E-state index contributed by atoms with van der Waals surface area (Å²) < 4.78 is 1.33. The fourth-order valence-corrected chi connectivity index (χ4v) is 2.07. The molecule has 0 aliphatic carbocycles. The van der Waals surface area contributed by atoms with Crippen molar-refractivity contribution in [1.29, 1.82) is 0 Å². The Morgan fingerprint density at radius 2 is 1.95 bits per heavy atom. The Kier molecular flexibility index (Phi) is 4.12. The molecule has 0 aliphatic heterocycles. The van der Waals surface area contributed by atoms with E-state index in [4.69, 9.17) is 5.73 Å². The van der Waals surface area contributed by atoms with Crippen molar-refractivity contribution in [2.75, 3.05) is 11.1 Å². The molecule has 1 amide bonds. The average molecular weight is 285 g/mol. The first-order chi connectivity index (χ1) is 9.90. The van der Waals surface area contributed by atoms with E-state index in [9.17, 15) is 9.59 Å². The molecule has 2 aromatic rings. The number of aryl methyl sites for hydroxylation is 1. The second-order valence-corrected chi connectivity index (χ2v) is 5.12. The Morgan fingerprint density at radius 3 is 2.67 bits per heavy atom. The van der Waals surface area contributed by atoms with Crippen LogP contribution >= 0.6 is 0 Å². The van der Waals surface area contributed by atoms with Gasteiger partial charge in [-0.15, -0.1) is 0 Å². The van der Waals surface area contributed by atoms with Gasteiger partial charge in [0, 0.05) is 23.6 Å². The summed E-state index contributed by atoms with van der Waals surface area (Å²) in [4.78, 5) is 24.1. The van der Waals surface area contributed by atoms with Gasteiger partial charge >= 0.3 is 0 Å². The smallest absolute Gasteiger partial charge is 0.251 e. The van der Waals surface area contributed by atoms with Crippen molar-refractivity contribution in [3.05, 3.63) is 58.0 Å². The lowest BCUT2D eigenvalue weighted by molar-refractivity contribution is -0.118. The molecule has 1 atom stereocenters. The van der Waals surface area contributed by atoms with Gasteiger partial charge in [0.05, 0.1) is 0 Å². The van der Waals surface area contributed by atoms with Crippen LogP contribution in [-0.2, 0) is 4.79 Å². The van der Waals surface area contributed by atoms with Crippen molar-refractivity contribution in [2.24, 2.45) is 0 Å². The van der Waals surface area contributed by atoms with Crippen LogP contribution in [0.15, 0.2) is 41.3 Å². The van der Waals surface area contributed by atoms with Crippen molar-refractivity contribution in [3.63, 3.8) is 0 Å². The summed E-state index contributed by atoms with van der Waals surface area (Å²) in [7, 11) is 0. The SMILES string of the molecule is Cc1cccc(NC(=O)C(C)n2cc(N)ccc2=O)c1C. The van der Waals surface area contributed by atoms with E-state index in [1.165, 1.54) is 22.9 Å². The first-order valence-corrected chi connectivity index (χ1v) is 6.75. The summed E-state index contributed by atoms with van der Waals surface area (Å²) in [5.74, 6) is -0.253. The predicted octanol–water partition coefficient (Wildman–Crippen LogP) is 2.25. The van der Waals surface area contributed by atoms with Gasteiger partial charge in [-0.2, -0.15) is 0 Å². The molecule has 1 aromatic carbocycles. The minimum absolute atomic E-state index is 0.253. The summed E-state index contributed by atoms with van der Waals surface area (Å²) in [6.07, 6.45) is 1.48. The number of rotatable bonds is 3. The zero-order valence-electron chi connectivity index (χ0n) is 12.4. The number of carbonyl (C=O) groups excluding carboxylic acids is 1. The van der Waals surface area contributed by atoms with Gasteiger partial charge in [0.2, 0.25) is 5.91 Å². The molecule has 3 N–H and O–H groups in total. The molecule has 0 bridgehead atoms. The van der Waals surface area contributed by atoms with Crippen LogP contribution in [0.2, 0.25) is 0 Å². The topological polar surface area (TPSA) is 77.1 Å². The number of amides is 1. The number of benzene rings is 1. The summed E-state index contributed by atoms with van der Waals surface area (Å²) in [5.41, 5.74) is 8.72. The maximum Gasteiger partial charge on any atom is 0.251 e. The van der Waals surface area contributed by atoms with Crippen LogP contribution in [0.4, 0.5) is 11.4 Å². The number of nitrogens with two attached hydrogens (primary N) is 1. The Balaban J connectivity index is 2.26. The van der Waals surface area contributed by atoms with Gasteiger partial charge < -0.3 is 15.6 Å². The van der Waals surface area contributed by atoms with Crippen LogP contribution in [0.25, 0.3) is 0 Å². The summed E-state index contributed by atoms with van der Waals surface area (Å²) in [6, 6.07) is 7.95. The number of pyridine rings is 1. The van der Waals surface area contributed by atoms with Gasteiger partial charge in [-0.3, -0.25) is 9.59 Å². The first-order valence-electron chi connectivity index (χ1n) is 6.75. The summed E-state index contributed by atoms with van der Waals surface area (Å²) in [5, 5.41) is 2.86. The van der Waals surface area contributed by atoms with E-state index < -0.39 is 6.04 Å². The molecule has 0 saturated carbocycles. The van der Waals surface area contributed by atoms with Crippen molar-refractivity contribution >= 4 is 17.3 Å². The highest BCUT2D eigenvalue weighted by Crippen LogP contribution is 2.19. The monoisotopic (exact) mass is 285 g/mol. The molecule has 5 nitrogen and oxygen atoms in total. The van der Waals surface area contributed by atoms with E-state index in [1.54, 1.807) is 6.92 Å². The van der Waals surface area contributed by atoms with Crippen LogP contribution in [0, 0.1) is 13.8 Å². The fourth-order valence-electron chi connectivity index (χ4n) is 2.07. The van der Waals surface area contributed by atoms with Crippen molar-refractivity contribution in [3.8, 4) is 0 Å². The van der Waals surface area contributed by atoms with Gasteiger partial charge in [-0.25, -0.2) is 0 Å². The maximum absolute atomic E-state index is 12.3. The first kappa shape index (κ1) is 14.8. The molecule has 110 valence electrons. The molecule has 5 heteroatoms. The molecule has 0 saturated heterocycles. The minimum atomic E-state index is -0.638. The van der Waals surface area contributed by atoms with E-state index in [2.05, 4.69) is 5.32 Å². The summed E-state index contributed by atoms with van der Waals surface area (Å²) in [6.45, 7) is 5.60. The quantitative estimate of drug-likeness (QED) is 0.908. The van der Waals surface area contributed by atoms with Gasteiger partial charge in [0.1, 0.15) is 6.04 Å². The van der Waals surface area contributed by atoms with E-state index in [0.29, 0.717) is 5.69 Å². The Hall–Kier alpha value is -2.56. The lowest BCUT2D eigenvalue weighted by Crippen LogP contribution is -2.31. The van der Waals surface area contributed by atoms with Gasteiger partial charge in [0.15, 0.2) is 0 Å². The highest BCUT2D eigenvalue weighted by atomic mass is 16.2. The van der Waals surface area contributed by atoms with Crippen LogP contribution in [0.3, 0.4) is 0 Å². The highest BCUT2D eigenvalue weighted by molar-refractivity contribution is 5.94. The van der Waals surface area contributed by atoms with Crippen LogP contribution < -0.4 is 16.6 Å². The van der Waals surface area contributed by atoms with Crippen LogP contribution in [-0.4, -0.2) is 10.5 Å². The van der Waals surface area contributed by atoms with Crippen LogP contribution in [0.1, 0.15) is 24.1 Å². The fraction of sp³-hybridized carbons (Fsp3) is 0.250. The van der Waals surface area contributed by atoms with Gasteiger partial charge in [-0.1, -0.05) is 12.1 Å². The molecule has 21 heavy (non-hydrogen) atoms. The number of nitrogens with zero attached hydrogens (tertiary/aromatic N) is 1. The number of aromatic nitrogens is 1. The highest BCUT2D eigenvalue weighted by Gasteiger charge is 2.17.